The van der Waals surface area contributed by atoms with E-state index in [-0.39, 0.29) is 5.91 Å². The molecule has 6 nitrogen and oxygen atoms in total. The van der Waals surface area contributed by atoms with Crippen molar-refractivity contribution in [2.75, 3.05) is 4.90 Å². The number of pyridine rings is 2. The van der Waals surface area contributed by atoms with Crippen LogP contribution in [0.5, 0.6) is 0 Å². The summed E-state index contributed by atoms with van der Waals surface area (Å²) in [7, 11) is 0. The lowest BCUT2D eigenvalue weighted by molar-refractivity contribution is -0.121. The summed E-state index contributed by atoms with van der Waals surface area (Å²) in [5, 5.41) is 0. The molecular formula is C25H23N5O. The molecule has 31 heavy (non-hydrogen) atoms. The van der Waals surface area contributed by atoms with E-state index >= 15 is 0 Å². The van der Waals surface area contributed by atoms with E-state index in [1.807, 2.05) is 81.3 Å². The first kappa shape index (κ1) is 19.2. The van der Waals surface area contributed by atoms with Crippen LogP contribution in [0.1, 0.15) is 30.7 Å². The Morgan fingerprint density at radius 2 is 1.77 bits per heavy atom. The van der Waals surface area contributed by atoms with E-state index in [9.17, 15) is 4.79 Å². The molecule has 0 bridgehead atoms. The highest BCUT2D eigenvalue weighted by molar-refractivity contribution is 6.12. The van der Waals surface area contributed by atoms with Crippen molar-refractivity contribution in [2.24, 2.45) is 0 Å². The van der Waals surface area contributed by atoms with E-state index in [2.05, 4.69) is 21.0 Å². The summed E-state index contributed by atoms with van der Waals surface area (Å²) in [5.41, 5.74) is 6.95. The van der Waals surface area contributed by atoms with Crippen LogP contribution in [0.3, 0.4) is 0 Å². The molecule has 0 atom stereocenters. The first-order valence-electron chi connectivity index (χ1n) is 10.2. The maximum atomic E-state index is 13.4. The highest BCUT2D eigenvalue weighted by atomic mass is 16.2. The Balaban J connectivity index is 1.61. The number of rotatable bonds is 3. The van der Waals surface area contributed by atoms with Crippen LogP contribution in [0.25, 0.3) is 16.9 Å². The topological polar surface area (TPSA) is 63.9 Å². The Morgan fingerprint density at radius 1 is 0.935 bits per heavy atom. The normalized spacial score (nSPS) is 14.7. The van der Waals surface area contributed by atoms with Gasteiger partial charge in [-0.25, -0.2) is 4.98 Å². The molecule has 0 radical (unpaired) electrons. The first-order valence-corrected chi connectivity index (χ1v) is 10.2. The Kier molecular flexibility index (Phi) is 4.25. The van der Waals surface area contributed by atoms with E-state index in [0.717, 1.165) is 45.1 Å². The van der Waals surface area contributed by atoms with Crippen molar-refractivity contribution in [2.45, 2.75) is 33.1 Å². The molecule has 1 aliphatic rings. The Hall–Kier alpha value is -3.80. The zero-order valence-corrected chi connectivity index (χ0v) is 18.0. The number of aryl methyl sites for hydroxylation is 2. The lowest BCUT2D eigenvalue weighted by atomic mass is 9.86. The predicted molar refractivity (Wildman–Crippen MR) is 121 cm³/mol. The average Bonchev–Trinajstić information content (AvgIpc) is 3.30. The Labute approximate surface area is 181 Å². The third kappa shape index (κ3) is 3.03. The number of anilines is 2. The van der Waals surface area contributed by atoms with Crippen LogP contribution < -0.4 is 4.90 Å². The highest BCUT2D eigenvalue weighted by Crippen LogP contribution is 2.46. The first-order chi connectivity index (χ1) is 14.9. The number of hydrogen-bond donors (Lipinski definition) is 0. The van der Waals surface area contributed by atoms with Gasteiger partial charge in [0.1, 0.15) is 0 Å². The molecule has 1 amide bonds. The van der Waals surface area contributed by atoms with Gasteiger partial charge in [-0.3, -0.25) is 19.7 Å². The zero-order chi connectivity index (χ0) is 21.8. The maximum absolute atomic E-state index is 13.4. The van der Waals surface area contributed by atoms with Gasteiger partial charge in [0, 0.05) is 36.0 Å². The van der Waals surface area contributed by atoms with Crippen LogP contribution in [0.2, 0.25) is 0 Å². The highest BCUT2D eigenvalue weighted by Gasteiger charge is 2.44. The van der Waals surface area contributed by atoms with Crippen LogP contribution in [-0.2, 0) is 10.2 Å². The fourth-order valence-electron chi connectivity index (χ4n) is 4.19. The third-order valence-electron chi connectivity index (χ3n) is 5.94. The van der Waals surface area contributed by atoms with Crippen molar-refractivity contribution in [3.63, 3.8) is 0 Å². The van der Waals surface area contributed by atoms with Gasteiger partial charge in [0.25, 0.3) is 0 Å². The van der Waals surface area contributed by atoms with E-state index in [1.165, 1.54) is 0 Å². The number of hydrogen-bond acceptors (Lipinski definition) is 4. The fourth-order valence-corrected chi connectivity index (χ4v) is 4.19. The monoisotopic (exact) mass is 409 g/mol. The molecule has 6 heteroatoms. The summed E-state index contributed by atoms with van der Waals surface area (Å²) in [4.78, 5) is 28.2. The predicted octanol–water partition coefficient (Wildman–Crippen LogP) is 4.90. The average molecular weight is 409 g/mol. The van der Waals surface area contributed by atoms with Gasteiger partial charge in [-0.1, -0.05) is 12.1 Å². The molecule has 1 aliphatic heterocycles. The minimum absolute atomic E-state index is 0.0585. The number of carbonyl (C=O) groups excluding carboxylic acids is 1. The lowest BCUT2D eigenvalue weighted by Crippen LogP contribution is -2.33. The second kappa shape index (κ2) is 6.87. The number of fused-ring (bicyclic) bond motifs is 1. The molecule has 0 aliphatic carbocycles. The number of nitrogens with zero attached hydrogens (tertiary/aromatic N) is 5. The van der Waals surface area contributed by atoms with Gasteiger partial charge in [0.2, 0.25) is 5.91 Å². The molecule has 154 valence electrons. The molecule has 3 aromatic heterocycles. The number of aromatic nitrogens is 4. The van der Waals surface area contributed by atoms with Gasteiger partial charge in [-0.15, -0.1) is 0 Å². The summed E-state index contributed by atoms with van der Waals surface area (Å²) < 4.78 is 2.00. The van der Waals surface area contributed by atoms with E-state index < -0.39 is 5.41 Å². The van der Waals surface area contributed by atoms with Crippen molar-refractivity contribution in [3.05, 3.63) is 84.3 Å². The van der Waals surface area contributed by atoms with E-state index in [1.54, 1.807) is 17.3 Å². The molecule has 0 saturated heterocycles. The van der Waals surface area contributed by atoms with Crippen LogP contribution >= 0.6 is 0 Å². The maximum Gasteiger partial charge on any atom is 0.241 e. The summed E-state index contributed by atoms with van der Waals surface area (Å²) in [6.45, 7) is 7.91. The molecule has 5 rings (SSSR count). The SMILES string of the molecule is Cc1cc(N2C(=O)C(C)(C)c3ccc(-c4cn(-c5ccncc5C)cn4)cc32)ccn1. The smallest absolute Gasteiger partial charge is 0.241 e. The van der Waals surface area contributed by atoms with Crippen LogP contribution in [-0.4, -0.2) is 25.4 Å². The molecule has 0 unspecified atom stereocenters. The standard InChI is InChI=1S/C25H23N5O/c1-16-13-26-9-8-22(16)29-14-21(28-15-29)18-5-6-20-23(12-18)30(24(31)25(20,3)4)19-7-10-27-17(2)11-19/h5-15H,1-4H3. The van der Waals surface area contributed by atoms with Gasteiger partial charge in [0.05, 0.1) is 34.5 Å². The molecule has 0 fully saturated rings. The molecule has 4 aromatic rings. The second-order valence-corrected chi connectivity index (χ2v) is 8.48. The zero-order valence-electron chi connectivity index (χ0n) is 18.0. The summed E-state index contributed by atoms with van der Waals surface area (Å²) in [5.74, 6) is 0.0585. The van der Waals surface area contributed by atoms with Gasteiger partial charge >= 0.3 is 0 Å². The number of imidazole rings is 1. The van der Waals surface area contributed by atoms with Crippen LogP contribution in [0.15, 0.2) is 67.5 Å². The fraction of sp³-hybridized carbons (Fsp3) is 0.200. The number of benzene rings is 1. The van der Waals surface area contributed by atoms with Crippen molar-refractivity contribution in [1.82, 2.24) is 19.5 Å². The summed E-state index contributed by atoms with van der Waals surface area (Å²) in [6.07, 6.45) is 9.18. The molecule has 0 spiro atoms. The van der Waals surface area contributed by atoms with Crippen molar-refractivity contribution in [3.8, 4) is 16.9 Å². The molecule has 0 saturated carbocycles. The molecule has 0 N–H and O–H groups in total. The van der Waals surface area contributed by atoms with Crippen LogP contribution in [0.4, 0.5) is 11.4 Å². The minimum atomic E-state index is -0.599. The van der Waals surface area contributed by atoms with Gasteiger partial charge < -0.3 is 4.57 Å². The molecule has 4 heterocycles. The largest absolute Gasteiger partial charge is 0.305 e. The van der Waals surface area contributed by atoms with Gasteiger partial charge in [-0.05, 0) is 63.1 Å². The van der Waals surface area contributed by atoms with E-state index in [4.69, 9.17) is 0 Å². The number of carbonyl (C=O) groups is 1. The Bertz CT molecular complexity index is 1320. The summed E-state index contributed by atoms with van der Waals surface area (Å²) >= 11 is 0. The molecule has 1 aromatic carbocycles. The van der Waals surface area contributed by atoms with Gasteiger partial charge in [0.15, 0.2) is 0 Å². The van der Waals surface area contributed by atoms with Crippen LogP contribution in [0, 0.1) is 13.8 Å². The third-order valence-corrected chi connectivity index (χ3v) is 5.94. The lowest BCUT2D eigenvalue weighted by Gasteiger charge is -2.20. The van der Waals surface area contributed by atoms with Crippen molar-refractivity contribution < 1.29 is 4.79 Å². The Morgan fingerprint density at radius 3 is 2.55 bits per heavy atom. The van der Waals surface area contributed by atoms with Gasteiger partial charge in [-0.2, -0.15) is 0 Å². The minimum Gasteiger partial charge on any atom is -0.305 e. The number of amides is 1. The quantitative estimate of drug-likeness (QED) is 0.483. The van der Waals surface area contributed by atoms with Crippen molar-refractivity contribution >= 4 is 17.3 Å². The summed E-state index contributed by atoms with van der Waals surface area (Å²) in [6, 6.07) is 11.9. The van der Waals surface area contributed by atoms with E-state index in [0.29, 0.717) is 0 Å². The molecular weight excluding hydrogens is 386 g/mol. The van der Waals surface area contributed by atoms with Crippen molar-refractivity contribution in [1.29, 1.82) is 0 Å². The second-order valence-electron chi connectivity index (χ2n) is 8.48.